The molecule has 1 heterocycles. The summed E-state index contributed by atoms with van der Waals surface area (Å²) in [4.78, 5) is 0. The molecular formula is C26H54O2Si. The second-order valence-corrected chi connectivity index (χ2v) is 11.5. The zero-order valence-corrected chi connectivity index (χ0v) is 21.2. The Morgan fingerprint density at radius 2 is 0.966 bits per heavy atom. The van der Waals surface area contributed by atoms with E-state index < -0.39 is 9.28 Å². The van der Waals surface area contributed by atoms with Crippen molar-refractivity contribution >= 4 is 9.28 Å². The molecule has 1 unspecified atom stereocenters. The molecule has 0 aromatic carbocycles. The summed E-state index contributed by atoms with van der Waals surface area (Å²) >= 11 is 0. The average Bonchev–Trinajstić information content (AvgIpc) is 2.75. The van der Waals surface area contributed by atoms with E-state index in [2.05, 4.69) is 6.92 Å². The summed E-state index contributed by atoms with van der Waals surface area (Å²) in [5.41, 5.74) is 0. The molecule has 1 saturated heterocycles. The summed E-state index contributed by atoms with van der Waals surface area (Å²) < 4.78 is 11.7. The third-order valence-electron chi connectivity index (χ3n) is 6.44. The highest BCUT2D eigenvalue weighted by atomic mass is 28.3. The van der Waals surface area contributed by atoms with E-state index in [9.17, 15) is 0 Å². The quantitative estimate of drug-likeness (QED) is 0.127. The van der Waals surface area contributed by atoms with E-state index in [4.69, 9.17) is 8.85 Å². The number of rotatable bonds is 22. The van der Waals surface area contributed by atoms with Crippen LogP contribution in [0.1, 0.15) is 148 Å². The molecule has 0 N–H and O–H groups in total. The zero-order valence-electron chi connectivity index (χ0n) is 20.1. The van der Waals surface area contributed by atoms with E-state index in [-0.39, 0.29) is 0 Å². The van der Waals surface area contributed by atoms with Gasteiger partial charge in [0.05, 0.1) is 0 Å². The van der Waals surface area contributed by atoms with Crippen LogP contribution in [-0.2, 0) is 8.85 Å². The summed E-state index contributed by atoms with van der Waals surface area (Å²) in [6.07, 6.45) is 31.4. The van der Waals surface area contributed by atoms with Gasteiger partial charge in [0, 0.05) is 13.2 Å². The molecule has 3 heteroatoms. The van der Waals surface area contributed by atoms with E-state index in [0.29, 0.717) is 0 Å². The van der Waals surface area contributed by atoms with Gasteiger partial charge in [-0.1, -0.05) is 129 Å². The Kier molecular flexibility index (Phi) is 21.4. The summed E-state index contributed by atoms with van der Waals surface area (Å²) in [6, 6.07) is 1.24. The Bertz CT molecular complexity index is 305. The molecule has 0 aliphatic carbocycles. The van der Waals surface area contributed by atoms with Crippen molar-refractivity contribution in [2.75, 3.05) is 13.2 Å². The maximum absolute atomic E-state index is 5.94. The van der Waals surface area contributed by atoms with Crippen LogP contribution in [0.5, 0.6) is 0 Å². The first kappa shape index (κ1) is 27.2. The van der Waals surface area contributed by atoms with Crippen LogP contribution >= 0.6 is 0 Å². The van der Waals surface area contributed by atoms with E-state index in [1.54, 1.807) is 0 Å². The van der Waals surface area contributed by atoms with E-state index >= 15 is 0 Å². The fourth-order valence-electron chi connectivity index (χ4n) is 4.41. The second-order valence-electron chi connectivity index (χ2n) is 9.38. The van der Waals surface area contributed by atoms with Gasteiger partial charge in [-0.25, -0.2) is 0 Å². The highest BCUT2D eigenvalue weighted by Gasteiger charge is 2.16. The average molecular weight is 427 g/mol. The molecule has 2 nitrogen and oxygen atoms in total. The molecule has 0 aromatic rings. The molecule has 0 bridgehead atoms. The lowest BCUT2D eigenvalue weighted by Gasteiger charge is -2.20. The number of unbranched alkanes of at least 4 members (excludes halogenated alkanes) is 19. The minimum absolute atomic E-state index is 0.954. The highest BCUT2D eigenvalue weighted by Crippen LogP contribution is 2.15. The van der Waals surface area contributed by atoms with Gasteiger partial charge in [-0.15, -0.1) is 0 Å². The van der Waals surface area contributed by atoms with Crippen molar-refractivity contribution in [1.82, 2.24) is 0 Å². The van der Waals surface area contributed by atoms with Crippen molar-refractivity contribution in [3.63, 3.8) is 0 Å². The molecule has 1 fully saturated rings. The lowest BCUT2D eigenvalue weighted by Crippen LogP contribution is -2.27. The minimum Gasteiger partial charge on any atom is -0.397 e. The van der Waals surface area contributed by atoms with Gasteiger partial charge in [-0.05, 0) is 25.3 Å². The maximum atomic E-state index is 5.94. The van der Waals surface area contributed by atoms with Gasteiger partial charge in [0.1, 0.15) is 0 Å². The van der Waals surface area contributed by atoms with Gasteiger partial charge in [-0.3, -0.25) is 0 Å². The molecular weight excluding hydrogens is 372 g/mol. The molecule has 1 aliphatic rings. The molecule has 0 saturated carbocycles. The van der Waals surface area contributed by atoms with E-state index in [1.165, 1.54) is 147 Å². The van der Waals surface area contributed by atoms with Gasteiger partial charge in [0.15, 0.2) is 0 Å². The molecule has 174 valence electrons. The zero-order chi connectivity index (χ0) is 20.7. The fraction of sp³-hybridized carbons (Fsp3) is 1.00. The third kappa shape index (κ3) is 19.8. The Balaban J connectivity index is 1.63. The first-order valence-electron chi connectivity index (χ1n) is 13.7. The molecule has 1 rings (SSSR count). The fourth-order valence-corrected chi connectivity index (χ4v) is 6.33. The Morgan fingerprint density at radius 1 is 0.552 bits per heavy atom. The van der Waals surface area contributed by atoms with Crippen LogP contribution in [0.2, 0.25) is 6.04 Å². The molecule has 0 spiro atoms. The normalized spacial score (nSPS) is 17.1. The smallest absolute Gasteiger partial charge is 0.321 e. The predicted octanol–water partition coefficient (Wildman–Crippen LogP) is 8.86. The van der Waals surface area contributed by atoms with Gasteiger partial charge < -0.3 is 8.85 Å². The van der Waals surface area contributed by atoms with Crippen LogP contribution in [0.15, 0.2) is 0 Å². The molecule has 1 atom stereocenters. The number of hydrogen-bond donors (Lipinski definition) is 0. The SMILES string of the molecule is CCCCCCCCCCCCCCCCCCCCCCO[SiH]1CCCCO1. The van der Waals surface area contributed by atoms with Crippen molar-refractivity contribution in [2.45, 2.75) is 154 Å². The first-order valence-corrected chi connectivity index (χ1v) is 15.4. The predicted molar refractivity (Wildman–Crippen MR) is 131 cm³/mol. The highest BCUT2D eigenvalue weighted by molar-refractivity contribution is 6.44. The van der Waals surface area contributed by atoms with Crippen LogP contribution in [0.25, 0.3) is 0 Å². The molecule has 0 aromatic heterocycles. The maximum Gasteiger partial charge on any atom is 0.321 e. The standard InChI is InChI=1S/C26H54O2Si/c1-2-3-4-5-6-7-8-9-10-11-12-13-14-15-16-17-18-19-20-21-24-27-29-26-23-22-25-28-29/h29H,2-26H2,1H3. The van der Waals surface area contributed by atoms with Crippen molar-refractivity contribution in [2.24, 2.45) is 0 Å². The van der Waals surface area contributed by atoms with Gasteiger partial charge >= 0.3 is 9.28 Å². The molecule has 0 amide bonds. The van der Waals surface area contributed by atoms with Crippen molar-refractivity contribution < 1.29 is 8.85 Å². The summed E-state index contributed by atoms with van der Waals surface area (Å²) in [5.74, 6) is 0. The lowest BCUT2D eigenvalue weighted by atomic mass is 10.0. The van der Waals surface area contributed by atoms with Crippen LogP contribution < -0.4 is 0 Å². The second kappa shape index (κ2) is 22.8. The Hall–Kier alpha value is 0.137. The van der Waals surface area contributed by atoms with Crippen molar-refractivity contribution in [3.05, 3.63) is 0 Å². The minimum atomic E-state index is -1.23. The van der Waals surface area contributed by atoms with E-state index in [0.717, 1.165) is 13.2 Å². The van der Waals surface area contributed by atoms with Gasteiger partial charge in [-0.2, -0.15) is 0 Å². The summed E-state index contributed by atoms with van der Waals surface area (Å²) in [5, 5.41) is 0. The summed E-state index contributed by atoms with van der Waals surface area (Å²) in [6.45, 7) is 4.21. The Labute approximate surface area is 185 Å². The van der Waals surface area contributed by atoms with E-state index in [1.807, 2.05) is 0 Å². The topological polar surface area (TPSA) is 18.5 Å². The number of hydrogen-bond acceptors (Lipinski definition) is 2. The molecule has 1 aliphatic heterocycles. The summed E-state index contributed by atoms with van der Waals surface area (Å²) in [7, 11) is -1.23. The van der Waals surface area contributed by atoms with Crippen LogP contribution in [-0.4, -0.2) is 22.5 Å². The largest absolute Gasteiger partial charge is 0.397 e. The lowest BCUT2D eigenvalue weighted by molar-refractivity contribution is 0.174. The Morgan fingerprint density at radius 3 is 1.34 bits per heavy atom. The van der Waals surface area contributed by atoms with Crippen molar-refractivity contribution in [3.8, 4) is 0 Å². The van der Waals surface area contributed by atoms with Crippen molar-refractivity contribution in [1.29, 1.82) is 0 Å². The van der Waals surface area contributed by atoms with Gasteiger partial charge in [0.25, 0.3) is 0 Å². The molecule has 0 radical (unpaired) electrons. The monoisotopic (exact) mass is 426 g/mol. The first-order chi connectivity index (χ1) is 14.4. The van der Waals surface area contributed by atoms with Crippen LogP contribution in [0.4, 0.5) is 0 Å². The third-order valence-corrected chi connectivity index (χ3v) is 8.53. The molecule has 29 heavy (non-hydrogen) atoms. The van der Waals surface area contributed by atoms with Gasteiger partial charge in [0.2, 0.25) is 0 Å². The van der Waals surface area contributed by atoms with Crippen LogP contribution in [0, 0.1) is 0 Å². The van der Waals surface area contributed by atoms with Crippen LogP contribution in [0.3, 0.4) is 0 Å².